The van der Waals surface area contributed by atoms with Crippen molar-refractivity contribution in [2.75, 3.05) is 11.9 Å². The Labute approximate surface area is 240 Å². The van der Waals surface area contributed by atoms with Crippen molar-refractivity contribution in [1.29, 1.82) is 0 Å². The number of imidazole rings is 1. The van der Waals surface area contributed by atoms with E-state index >= 15 is 0 Å². The van der Waals surface area contributed by atoms with Gasteiger partial charge in [-0.3, -0.25) is 4.79 Å². The van der Waals surface area contributed by atoms with Crippen LogP contribution in [-0.2, 0) is 19.1 Å². The summed E-state index contributed by atoms with van der Waals surface area (Å²) >= 11 is 0. The summed E-state index contributed by atoms with van der Waals surface area (Å²) in [6, 6.07) is 14.2. The second kappa shape index (κ2) is 12.2. The summed E-state index contributed by atoms with van der Waals surface area (Å²) in [6.07, 6.45) is 0.660. The first-order chi connectivity index (χ1) is 20.2. The average Bonchev–Trinajstić information content (AvgIpc) is 3.38. The number of fused-ring (bicyclic) bond motifs is 1. The first-order valence-corrected chi connectivity index (χ1v) is 13.1. The predicted octanol–water partition coefficient (Wildman–Crippen LogP) is 5.14. The highest BCUT2D eigenvalue weighted by atomic mass is 19.4. The summed E-state index contributed by atoms with van der Waals surface area (Å²) < 4.78 is 43.4. The lowest BCUT2D eigenvalue weighted by atomic mass is 10.0. The van der Waals surface area contributed by atoms with E-state index in [9.17, 15) is 18.0 Å². The van der Waals surface area contributed by atoms with Crippen LogP contribution in [-0.4, -0.2) is 37.0 Å². The highest BCUT2D eigenvalue weighted by Gasteiger charge is 2.33. The van der Waals surface area contributed by atoms with E-state index in [2.05, 4.69) is 42.5 Å². The third-order valence-corrected chi connectivity index (χ3v) is 6.51. The van der Waals surface area contributed by atoms with Gasteiger partial charge in [-0.2, -0.15) is 18.3 Å². The highest BCUT2D eigenvalue weighted by molar-refractivity contribution is 6.04. The van der Waals surface area contributed by atoms with E-state index in [1.807, 2.05) is 26.0 Å². The van der Waals surface area contributed by atoms with Crippen molar-refractivity contribution in [3.8, 4) is 11.8 Å². The van der Waals surface area contributed by atoms with E-state index in [-0.39, 0.29) is 23.4 Å². The molecule has 0 spiro atoms. The molecule has 42 heavy (non-hydrogen) atoms. The predicted molar refractivity (Wildman–Crippen MR) is 152 cm³/mol. The number of halogens is 3. The minimum absolute atomic E-state index is 0.00905. The molecule has 11 heteroatoms. The second-order valence-corrected chi connectivity index (χ2v) is 9.62. The Hall–Kier alpha value is -5.08. The molecule has 0 saturated heterocycles. The van der Waals surface area contributed by atoms with Crippen LogP contribution in [0.3, 0.4) is 0 Å². The first-order valence-electron chi connectivity index (χ1n) is 13.1. The summed E-state index contributed by atoms with van der Waals surface area (Å²) in [7, 11) is 0. The Kier molecular flexibility index (Phi) is 8.26. The Balaban J connectivity index is 1.28. The van der Waals surface area contributed by atoms with Crippen LogP contribution < -0.4 is 10.6 Å². The summed E-state index contributed by atoms with van der Waals surface area (Å²) in [4.78, 5) is 25.5. The van der Waals surface area contributed by atoms with Crippen molar-refractivity contribution in [2.45, 2.75) is 33.0 Å². The van der Waals surface area contributed by atoms with Gasteiger partial charge >= 0.3 is 6.18 Å². The number of hydrogen-bond acceptors (Lipinski definition) is 6. The van der Waals surface area contributed by atoms with Crippen LogP contribution in [0.25, 0.3) is 5.65 Å². The smallest absolute Gasteiger partial charge is 0.322 e. The minimum atomic E-state index is -4.60. The Morgan fingerprint density at radius 3 is 2.67 bits per heavy atom. The van der Waals surface area contributed by atoms with Crippen molar-refractivity contribution >= 4 is 17.2 Å². The highest BCUT2D eigenvalue weighted by Crippen LogP contribution is 2.34. The molecule has 0 aliphatic heterocycles. The number of alkyl halides is 3. The fourth-order valence-corrected chi connectivity index (χ4v) is 4.31. The number of carbonyl (C=O) groups is 1. The molecule has 1 amide bonds. The molecule has 8 nitrogen and oxygen atoms in total. The Morgan fingerprint density at radius 2 is 1.86 bits per heavy atom. The van der Waals surface area contributed by atoms with Gasteiger partial charge in [-0.1, -0.05) is 18.1 Å². The maximum atomic E-state index is 13.9. The third kappa shape index (κ3) is 6.79. The van der Waals surface area contributed by atoms with E-state index in [0.717, 1.165) is 23.0 Å². The lowest BCUT2D eigenvalue weighted by molar-refractivity contribution is -0.138. The van der Waals surface area contributed by atoms with Crippen molar-refractivity contribution in [3.05, 3.63) is 118 Å². The number of rotatable bonds is 7. The first kappa shape index (κ1) is 28.4. The van der Waals surface area contributed by atoms with Gasteiger partial charge in [0.2, 0.25) is 0 Å². The normalized spacial score (nSPS) is 11.3. The van der Waals surface area contributed by atoms with E-state index in [1.165, 1.54) is 18.5 Å². The molecule has 0 fully saturated rings. The monoisotopic (exact) mass is 569 g/mol. The molecule has 2 N–H and O–H groups in total. The second-order valence-electron chi connectivity index (χ2n) is 9.62. The zero-order valence-electron chi connectivity index (χ0n) is 22.8. The van der Waals surface area contributed by atoms with E-state index in [0.29, 0.717) is 29.9 Å². The van der Waals surface area contributed by atoms with Crippen LogP contribution in [0.4, 0.5) is 18.9 Å². The standard InChI is InChI=1S/C31H26F3N7O/c1-20-5-6-23(15-22(20)8-10-27-18-36-29-4-3-12-39-41(27)29)30(42)40-26-9-7-24(28(16-26)31(32,33)34)17-35-13-11-25-14-21(2)37-19-38-25/h3-7,9,12,14-16,18-19,35H,11,13,17H2,1-2H3,(H,40,42). The number of hydrogen-bond donors (Lipinski definition) is 2. The van der Waals surface area contributed by atoms with Gasteiger partial charge in [0.1, 0.15) is 12.0 Å². The fraction of sp³-hybridized carbons (Fsp3) is 0.194. The molecule has 0 atom stereocenters. The van der Waals surface area contributed by atoms with E-state index in [1.54, 1.807) is 41.2 Å². The SMILES string of the molecule is Cc1cc(CCNCc2ccc(NC(=O)c3ccc(C)c(C#Cc4cnc5cccnn45)c3)cc2C(F)(F)F)ncn1. The molecule has 0 aliphatic carbocycles. The lowest BCUT2D eigenvalue weighted by Crippen LogP contribution is -2.21. The van der Waals surface area contributed by atoms with Gasteiger partial charge < -0.3 is 10.6 Å². The van der Waals surface area contributed by atoms with Crippen molar-refractivity contribution in [1.82, 2.24) is 29.9 Å². The lowest BCUT2D eigenvalue weighted by Gasteiger charge is -2.16. The summed E-state index contributed by atoms with van der Waals surface area (Å²) in [5.74, 6) is 5.52. The van der Waals surface area contributed by atoms with Gasteiger partial charge in [-0.25, -0.2) is 19.5 Å². The van der Waals surface area contributed by atoms with Crippen LogP contribution in [0.15, 0.2) is 73.3 Å². The van der Waals surface area contributed by atoms with E-state index < -0.39 is 17.6 Å². The van der Waals surface area contributed by atoms with Gasteiger partial charge in [0.15, 0.2) is 5.65 Å². The topological polar surface area (TPSA) is 97.1 Å². The van der Waals surface area contributed by atoms with Crippen LogP contribution in [0.5, 0.6) is 0 Å². The fourth-order valence-electron chi connectivity index (χ4n) is 4.31. The molecule has 0 bridgehead atoms. The molecule has 212 valence electrons. The number of nitrogens with one attached hydrogen (secondary N) is 2. The summed E-state index contributed by atoms with van der Waals surface area (Å²) in [6.45, 7) is 4.16. The van der Waals surface area contributed by atoms with Crippen molar-refractivity contribution < 1.29 is 18.0 Å². The molecule has 5 rings (SSSR count). The maximum Gasteiger partial charge on any atom is 0.416 e. The zero-order valence-corrected chi connectivity index (χ0v) is 22.8. The number of aromatic nitrogens is 5. The number of carbonyl (C=O) groups excluding carboxylic acids is 1. The van der Waals surface area contributed by atoms with Gasteiger partial charge in [0.25, 0.3) is 5.91 Å². The van der Waals surface area contributed by atoms with Crippen LogP contribution >= 0.6 is 0 Å². The van der Waals surface area contributed by atoms with Gasteiger partial charge in [0.05, 0.1) is 11.8 Å². The molecule has 2 aromatic carbocycles. The number of aryl methyl sites for hydroxylation is 2. The molecule has 3 heterocycles. The number of amides is 1. The summed E-state index contributed by atoms with van der Waals surface area (Å²) in [5.41, 5.74) is 3.88. The number of anilines is 1. The van der Waals surface area contributed by atoms with Gasteiger partial charge in [-0.15, -0.1) is 0 Å². The molecule has 3 aromatic heterocycles. The minimum Gasteiger partial charge on any atom is -0.322 e. The number of nitrogens with zero attached hydrogens (tertiary/aromatic N) is 5. The molecular weight excluding hydrogens is 543 g/mol. The third-order valence-electron chi connectivity index (χ3n) is 6.51. The van der Waals surface area contributed by atoms with Crippen molar-refractivity contribution in [3.63, 3.8) is 0 Å². The van der Waals surface area contributed by atoms with Crippen molar-refractivity contribution in [2.24, 2.45) is 0 Å². The van der Waals surface area contributed by atoms with Crippen LogP contribution in [0.1, 0.15) is 49.7 Å². The molecule has 0 radical (unpaired) electrons. The average molecular weight is 570 g/mol. The quantitative estimate of drug-likeness (QED) is 0.208. The maximum absolute atomic E-state index is 13.9. The molecule has 0 aliphatic rings. The molecule has 0 unspecified atom stereocenters. The molecule has 5 aromatic rings. The number of benzene rings is 2. The van der Waals surface area contributed by atoms with E-state index in [4.69, 9.17) is 0 Å². The van der Waals surface area contributed by atoms with Crippen LogP contribution in [0, 0.1) is 25.7 Å². The van der Waals surface area contributed by atoms with Crippen LogP contribution in [0.2, 0.25) is 0 Å². The van der Waals surface area contributed by atoms with Gasteiger partial charge in [0, 0.05) is 53.9 Å². The largest absolute Gasteiger partial charge is 0.416 e. The molecule has 0 saturated carbocycles. The Bertz CT molecular complexity index is 1820. The molecular formula is C31H26F3N7O. The summed E-state index contributed by atoms with van der Waals surface area (Å²) in [5, 5.41) is 9.86. The zero-order chi connectivity index (χ0) is 29.7. The van der Waals surface area contributed by atoms with Gasteiger partial charge in [-0.05, 0) is 73.4 Å². The Morgan fingerprint density at radius 1 is 1.00 bits per heavy atom.